The van der Waals surface area contributed by atoms with E-state index in [1.807, 2.05) is 6.07 Å². The van der Waals surface area contributed by atoms with Crippen molar-refractivity contribution in [2.75, 3.05) is 18.0 Å². The Kier molecular flexibility index (Phi) is 3.91. The summed E-state index contributed by atoms with van der Waals surface area (Å²) < 4.78 is 37.8. The molecule has 1 aliphatic rings. The number of hydrogen-bond acceptors (Lipinski definition) is 2. The normalized spacial score (nSPS) is 17.3. The molecule has 0 amide bonds. The van der Waals surface area contributed by atoms with Crippen molar-refractivity contribution in [3.8, 4) is 6.07 Å². The predicted octanol–water partition coefficient (Wildman–Crippen LogP) is 3.99. The fourth-order valence-electron chi connectivity index (χ4n) is 2.33. The zero-order valence-corrected chi connectivity index (χ0v) is 10.8. The van der Waals surface area contributed by atoms with Crippen LogP contribution in [-0.4, -0.2) is 19.3 Å². The molecule has 0 aromatic heterocycles. The number of nitrogens with zero attached hydrogens (tertiary/aromatic N) is 2. The van der Waals surface area contributed by atoms with Crippen molar-refractivity contribution in [3.05, 3.63) is 28.8 Å². The van der Waals surface area contributed by atoms with Gasteiger partial charge in [-0.3, -0.25) is 0 Å². The molecule has 2 rings (SSSR count). The minimum atomic E-state index is -4.13. The lowest BCUT2D eigenvalue weighted by Gasteiger charge is -2.34. The Morgan fingerprint density at radius 3 is 2.42 bits per heavy atom. The van der Waals surface area contributed by atoms with Crippen LogP contribution in [-0.2, 0) is 0 Å². The van der Waals surface area contributed by atoms with Gasteiger partial charge in [0.05, 0.1) is 22.2 Å². The maximum atomic E-state index is 12.6. The zero-order chi connectivity index (χ0) is 14.0. The first-order chi connectivity index (χ1) is 8.93. The summed E-state index contributed by atoms with van der Waals surface area (Å²) in [4.78, 5) is 1.80. The second kappa shape index (κ2) is 5.30. The first-order valence-electron chi connectivity index (χ1n) is 5.93. The van der Waals surface area contributed by atoms with Crippen LogP contribution in [0.4, 0.5) is 18.9 Å². The fraction of sp³-hybridized carbons (Fsp3) is 0.462. The molecule has 2 nitrogen and oxygen atoms in total. The van der Waals surface area contributed by atoms with Gasteiger partial charge in [-0.05, 0) is 25.0 Å². The maximum absolute atomic E-state index is 12.6. The van der Waals surface area contributed by atoms with Gasteiger partial charge >= 0.3 is 6.18 Å². The Bertz CT molecular complexity index is 500. The molecule has 0 N–H and O–H groups in total. The summed E-state index contributed by atoms with van der Waals surface area (Å²) in [6, 6.07) is 7.03. The third kappa shape index (κ3) is 2.95. The van der Waals surface area contributed by atoms with E-state index in [1.165, 1.54) is 0 Å². The minimum absolute atomic E-state index is 0.0564. The fourth-order valence-corrected chi connectivity index (χ4v) is 2.55. The lowest BCUT2D eigenvalue weighted by Crippen LogP contribution is -2.39. The van der Waals surface area contributed by atoms with Gasteiger partial charge in [-0.15, -0.1) is 0 Å². The molecule has 1 aromatic rings. The average molecular weight is 289 g/mol. The summed E-state index contributed by atoms with van der Waals surface area (Å²) >= 11 is 5.92. The second-order valence-electron chi connectivity index (χ2n) is 4.55. The van der Waals surface area contributed by atoms with Crippen LogP contribution in [0.5, 0.6) is 0 Å². The molecular weight excluding hydrogens is 277 g/mol. The van der Waals surface area contributed by atoms with Crippen molar-refractivity contribution in [1.82, 2.24) is 0 Å². The first-order valence-corrected chi connectivity index (χ1v) is 6.31. The van der Waals surface area contributed by atoms with Crippen LogP contribution in [0.3, 0.4) is 0 Å². The van der Waals surface area contributed by atoms with E-state index >= 15 is 0 Å². The minimum Gasteiger partial charge on any atom is -0.370 e. The number of rotatable bonds is 1. The van der Waals surface area contributed by atoms with Gasteiger partial charge in [0.25, 0.3) is 0 Å². The van der Waals surface area contributed by atoms with Crippen molar-refractivity contribution in [2.24, 2.45) is 5.92 Å². The van der Waals surface area contributed by atoms with Crippen molar-refractivity contribution >= 4 is 17.3 Å². The molecule has 0 radical (unpaired) electrons. The molecule has 1 heterocycles. The molecule has 0 unspecified atom stereocenters. The topological polar surface area (TPSA) is 27.0 Å². The maximum Gasteiger partial charge on any atom is 0.391 e. The number of nitriles is 1. The predicted molar refractivity (Wildman–Crippen MR) is 67.2 cm³/mol. The summed E-state index contributed by atoms with van der Waals surface area (Å²) in [5, 5.41) is 9.40. The second-order valence-corrected chi connectivity index (χ2v) is 4.96. The highest BCUT2D eigenvalue weighted by Gasteiger charge is 2.41. The average Bonchev–Trinajstić information content (AvgIpc) is 2.37. The lowest BCUT2D eigenvalue weighted by molar-refractivity contribution is -0.179. The molecule has 1 aromatic carbocycles. The van der Waals surface area contributed by atoms with Gasteiger partial charge in [-0.1, -0.05) is 17.7 Å². The number of halogens is 4. The van der Waals surface area contributed by atoms with Crippen LogP contribution >= 0.6 is 11.6 Å². The van der Waals surface area contributed by atoms with Crippen molar-refractivity contribution in [3.63, 3.8) is 0 Å². The van der Waals surface area contributed by atoms with Gasteiger partial charge in [-0.25, -0.2) is 0 Å². The third-order valence-corrected chi connectivity index (χ3v) is 3.72. The van der Waals surface area contributed by atoms with E-state index < -0.39 is 12.1 Å². The van der Waals surface area contributed by atoms with E-state index in [0.717, 1.165) is 0 Å². The number of benzene rings is 1. The Morgan fingerprint density at radius 2 is 1.89 bits per heavy atom. The molecule has 0 bridgehead atoms. The van der Waals surface area contributed by atoms with Crippen molar-refractivity contribution < 1.29 is 13.2 Å². The quantitative estimate of drug-likeness (QED) is 0.781. The van der Waals surface area contributed by atoms with E-state index in [4.69, 9.17) is 16.9 Å². The molecule has 0 atom stereocenters. The van der Waals surface area contributed by atoms with Crippen LogP contribution in [0.2, 0.25) is 5.02 Å². The largest absolute Gasteiger partial charge is 0.391 e. The zero-order valence-electron chi connectivity index (χ0n) is 10.0. The Balaban J connectivity index is 2.15. The summed E-state index contributed by atoms with van der Waals surface area (Å²) in [6.07, 6.45) is -4.01. The molecule has 19 heavy (non-hydrogen) atoms. The molecule has 1 fully saturated rings. The summed E-state index contributed by atoms with van der Waals surface area (Å²) in [7, 11) is 0. The lowest BCUT2D eigenvalue weighted by atomic mass is 9.95. The standard InChI is InChI=1S/C13H12ClF3N2/c14-11-2-1-3-12(10(11)8-18)19-6-4-9(5-7-19)13(15,16)17/h1-3,9H,4-7H2. The van der Waals surface area contributed by atoms with E-state index in [1.54, 1.807) is 23.1 Å². The van der Waals surface area contributed by atoms with Crippen LogP contribution in [0.1, 0.15) is 18.4 Å². The molecule has 1 saturated heterocycles. The van der Waals surface area contributed by atoms with Crippen molar-refractivity contribution in [2.45, 2.75) is 19.0 Å². The van der Waals surface area contributed by atoms with Gasteiger partial charge in [0, 0.05) is 13.1 Å². The number of alkyl halides is 3. The number of anilines is 1. The highest BCUT2D eigenvalue weighted by molar-refractivity contribution is 6.32. The molecule has 1 aliphatic heterocycles. The summed E-state index contributed by atoms with van der Waals surface area (Å²) in [5.41, 5.74) is 0.949. The van der Waals surface area contributed by atoms with Gasteiger partial charge in [0.1, 0.15) is 6.07 Å². The Labute approximate surface area is 114 Å². The SMILES string of the molecule is N#Cc1c(Cl)cccc1N1CCC(C(F)(F)F)CC1. The van der Waals surface area contributed by atoms with E-state index in [9.17, 15) is 13.2 Å². The summed E-state index contributed by atoms with van der Waals surface area (Å²) in [5.74, 6) is -1.24. The molecule has 0 spiro atoms. The van der Waals surface area contributed by atoms with Crippen LogP contribution in [0.15, 0.2) is 18.2 Å². The molecule has 102 valence electrons. The number of piperidine rings is 1. The molecule has 0 aliphatic carbocycles. The first kappa shape index (κ1) is 14.0. The molecular formula is C13H12ClF3N2. The molecule has 0 saturated carbocycles. The van der Waals surface area contributed by atoms with Crippen LogP contribution < -0.4 is 4.90 Å². The van der Waals surface area contributed by atoms with E-state index in [-0.39, 0.29) is 12.8 Å². The van der Waals surface area contributed by atoms with Gasteiger partial charge in [0.2, 0.25) is 0 Å². The van der Waals surface area contributed by atoms with Crippen LogP contribution in [0, 0.1) is 17.2 Å². The van der Waals surface area contributed by atoms with E-state index in [0.29, 0.717) is 29.4 Å². The van der Waals surface area contributed by atoms with Crippen LogP contribution in [0.25, 0.3) is 0 Å². The number of hydrogen-bond donors (Lipinski definition) is 0. The highest BCUT2D eigenvalue weighted by Crippen LogP contribution is 2.36. The van der Waals surface area contributed by atoms with Gasteiger partial charge < -0.3 is 4.90 Å². The van der Waals surface area contributed by atoms with E-state index in [2.05, 4.69) is 0 Å². The molecule has 6 heteroatoms. The smallest absolute Gasteiger partial charge is 0.370 e. The monoisotopic (exact) mass is 288 g/mol. The van der Waals surface area contributed by atoms with Gasteiger partial charge in [-0.2, -0.15) is 18.4 Å². The summed E-state index contributed by atoms with van der Waals surface area (Å²) in [6.45, 7) is 0.582. The van der Waals surface area contributed by atoms with Gasteiger partial charge in [0.15, 0.2) is 0 Å². The highest BCUT2D eigenvalue weighted by atomic mass is 35.5. The van der Waals surface area contributed by atoms with Crippen molar-refractivity contribution in [1.29, 1.82) is 5.26 Å². The Hall–Kier alpha value is -1.41. The Morgan fingerprint density at radius 1 is 1.26 bits per heavy atom. The third-order valence-electron chi connectivity index (χ3n) is 3.40.